The summed E-state index contributed by atoms with van der Waals surface area (Å²) >= 11 is 0. The molecule has 4 heteroatoms. The molecule has 0 aliphatic rings. The quantitative estimate of drug-likeness (QED) is 0.558. The molecule has 0 heterocycles. The molecular formula is C21H19NO3. The average molecular weight is 333 g/mol. The van der Waals surface area contributed by atoms with Crippen LogP contribution < -0.4 is 10.5 Å². The van der Waals surface area contributed by atoms with Gasteiger partial charge in [0.25, 0.3) is 0 Å². The van der Waals surface area contributed by atoms with Crippen molar-refractivity contribution in [3.8, 4) is 16.9 Å². The number of carbonyl (C=O) groups excluding carboxylic acids is 1. The second-order valence-corrected chi connectivity index (χ2v) is 5.59. The van der Waals surface area contributed by atoms with E-state index in [1.807, 2.05) is 60.7 Å². The molecule has 0 fully saturated rings. The van der Waals surface area contributed by atoms with Crippen molar-refractivity contribution in [2.45, 2.75) is 6.61 Å². The van der Waals surface area contributed by atoms with Crippen molar-refractivity contribution >= 4 is 11.7 Å². The lowest BCUT2D eigenvalue weighted by atomic mass is 10.0. The Bertz CT molecular complexity index is 858. The van der Waals surface area contributed by atoms with Crippen LogP contribution in [0.25, 0.3) is 11.1 Å². The third kappa shape index (κ3) is 3.98. The van der Waals surface area contributed by atoms with E-state index in [1.165, 1.54) is 7.11 Å². The monoisotopic (exact) mass is 333 g/mol. The van der Waals surface area contributed by atoms with Crippen LogP contribution >= 0.6 is 0 Å². The highest BCUT2D eigenvalue weighted by Gasteiger charge is 2.10. The van der Waals surface area contributed by atoms with E-state index in [0.717, 1.165) is 22.4 Å². The summed E-state index contributed by atoms with van der Waals surface area (Å²) in [7, 11) is 1.34. The van der Waals surface area contributed by atoms with Crippen LogP contribution in [0.15, 0.2) is 72.8 Å². The second kappa shape index (κ2) is 7.53. The summed E-state index contributed by atoms with van der Waals surface area (Å²) in [4.78, 5) is 11.6. The summed E-state index contributed by atoms with van der Waals surface area (Å²) in [6.07, 6.45) is 0. The van der Waals surface area contributed by atoms with Crippen molar-refractivity contribution in [1.82, 2.24) is 0 Å². The number of ether oxygens (including phenoxy) is 2. The molecule has 2 N–H and O–H groups in total. The molecule has 4 nitrogen and oxygen atoms in total. The zero-order valence-corrected chi connectivity index (χ0v) is 13.9. The van der Waals surface area contributed by atoms with Crippen LogP contribution in [0.3, 0.4) is 0 Å². The topological polar surface area (TPSA) is 61.5 Å². The summed E-state index contributed by atoms with van der Waals surface area (Å²) in [6.45, 7) is 0.529. The molecule has 0 bridgehead atoms. The zero-order chi connectivity index (χ0) is 17.6. The minimum absolute atomic E-state index is 0.370. The highest BCUT2D eigenvalue weighted by atomic mass is 16.5. The Balaban J connectivity index is 1.72. The van der Waals surface area contributed by atoms with Gasteiger partial charge in [-0.3, -0.25) is 0 Å². The normalized spacial score (nSPS) is 10.3. The molecule has 25 heavy (non-hydrogen) atoms. The highest BCUT2D eigenvalue weighted by molar-refractivity contribution is 5.96. The minimum atomic E-state index is -0.436. The van der Waals surface area contributed by atoms with Gasteiger partial charge in [-0.15, -0.1) is 0 Å². The number of nitrogen functional groups attached to an aromatic ring is 1. The van der Waals surface area contributed by atoms with E-state index < -0.39 is 5.97 Å². The van der Waals surface area contributed by atoms with Crippen molar-refractivity contribution in [3.63, 3.8) is 0 Å². The number of hydrogen-bond acceptors (Lipinski definition) is 4. The van der Waals surface area contributed by atoms with Gasteiger partial charge in [0.15, 0.2) is 0 Å². The summed E-state index contributed by atoms with van der Waals surface area (Å²) in [5.74, 6) is 0.362. The molecule has 0 radical (unpaired) electrons. The highest BCUT2D eigenvalue weighted by Crippen LogP contribution is 2.26. The van der Waals surface area contributed by atoms with E-state index in [1.54, 1.807) is 12.1 Å². The largest absolute Gasteiger partial charge is 0.489 e. The zero-order valence-electron chi connectivity index (χ0n) is 13.9. The van der Waals surface area contributed by atoms with Gasteiger partial charge in [0.05, 0.1) is 12.7 Å². The fourth-order valence-corrected chi connectivity index (χ4v) is 2.52. The molecule has 0 atom stereocenters. The molecule has 0 saturated heterocycles. The lowest BCUT2D eigenvalue weighted by molar-refractivity contribution is 0.0602. The number of esters is 1. The predicted octanol–water partition coefficient (Wildman–Crippen LogP) is 4.30. The Kier molecular flexibility index (Phi) is 5.00. The van der Waals surface area contributed by atoms with Crippen molar-refractivity contribution in [1.29, 1.82) is 0 Å². The van der Waals surface area contributed by atoms with Gasteiger partial charge in [-0.2, -0.15) is 0 Å². The molecule has 126 valence electrons. The second-order valence-electron chi connectivity index (χ2n) is 5.59. The number of anilines is 1. The third-order valence-corrected chi connectivity index (χ3v) is 3.89. The molecule has 0 unspecified atom stereocenters. The van der Waals surface area contributed by atoms with Crippen molar-refractivity contribution in [2.24, 2.45) is 0 Å². The Labute approximate surface area is 146 Å². The van der Waals surface area contributed by atoms with Gasteiger partial charge in [0.2, 0.25) is 0 Å². The Morgan fingerprint density at radius 3 is 2.24 bits per heavy atom. The Morgan fingerprint density at radius 2 is 1.60 bits per heavy atom. The Morgan fingerprint density at radius 1 is 0.920 bits per heavy atom. The summed E-state index contributed by atoms with van der Waals surface area (Å²) in [5.41, 5.74) is 9.77. The van der Waals surface area contributed by atoms with E-state index in [9.17, 15) is 4.79 Å². The number of benzene rings is 3. The first-order valence-corrected chi connectivity index (χ1v) is 7.92. The van der Waals surface area contributed by atoms with E-state index in [-0.39, 0.29) is 0 Å². The maximum absolute atomic E-state index is 11.6. The van der Waals surface area contributed by atoms with Gasteiger partial charge >= 0.3 is 5.97 Å². The van der Waals surface area contributed by atoms with Crippen LogP contribution in [0.1, 0.15) is 15.9 Å². The molecule has 0 aromatic heterocycles. The maximum Gasteiger partial charge on any atom is 0.339 e. The van der Waals surface area contributed by atoms with Gasteiger partial charge < -0.3 is 15.2 Å². The van der Waals surface area contributed by atoms with E-state index >= 15 is 0 Å². The molecule has 0 aliphatic carbocycles. The summed E-state index contributed by atoms with van der Waals surface area (Å²) in [5, 5.41) is 0. The average Bonchev–Trinajstić information content (AvgIpc) is 2.67. The molecule has 0 spiro atoms. The fourth-order valence-electron chi connectivity index (χ4n) is 2.52. The predicted molar refractivity (Wildman–Crippen MR) is 98.4 cm³/mol. The van der Waals surface area contributed by atoms with Crippen molar-refractivity contribution in [3.05, 3.63) is 83.9 Å². The lowest BCUT2D eigenvalue weighted by Crippen LogP contribution is -2.05. The van der Waals surface area contributed by atoms with Crippen LogP contribution in [0.2, 0.25) is 0 Å². The van der Waals surface area contributed by atoms with Gasteiger partial charge in [-0.25, -0.2) is 4.79 Å². The van der Waals surface area contributed by atoms with E-state index in [0.29, 0.717) is 17.9 Å². The SMILES string of the molecule is COC(=O)c1ccc(-c2ccc(OCc3ccccc3)cc2)cc1N. The molecule has 0 amide bonds. The van der Waals surface area contributed by atoms with Crippen LogP contribution in [-0.2, 0) is 11.3 Å². The molecule has 3 aromatic rings. The first-order chi connectivity index (χ1) is 12.2. The molecule has 3 aromatic carbocycles. The number of methoxy groups -OCH3 is 1. The van der Waals surface area contributed by atoms with Gasteiger partial charge in [0, 0.05) is 5.69 Å². The van der Waals surface area contributed by atoms with Gasteiger partial charge in [-0.05, 0) is 41.0 Å². The first-order valence-electron chi connectivity index (χ1n) is 7.92. The standard InChI is InChI=1S/C21H19NO3/c1-24-21(23)19-12-9-17(13-20(19)22)16-7-10-18(11-8-16)25-14-15-5-3-2-4-6-15/h2-13H,14,22H2,1H3. The smallest absolute Gasteiger partial charge is 0.339 e. The summed E-state index contributed by atoms with van der Waals surface area (Å²) < 4.78 is 10.5. The van der Waals surface area contributed by atoms with E-state index in [4.69, 9.17) is 15.2 Å². The van der Waals surface area contributed by atoms with Gasteiger partial charge in [-0.1, -0.05) is 48.5 Å². The molecule has 0 saturated carbocycles. The number of hydrogen-bond donors (Lipinski definition) is 1. The first kappa shape index (κ1) is 16.6. The number of carbonyl (C=O) groups is 1. The fraction of sp³-hybridized carbons (Fsp3) is 0.0952. The van der Waals surface area contributed by atoms with Crippen LogP contribution in [-0.4, -0.2) is 13.1 Å². The van der Waals surface area contributed by atoms with E-state index in [2.05, 4.69) is 0 Å². The minimum Gasteiger partial charge on any atom is -0.489 e. The maximum atomic E-state index is 11.6. The third-order valence-electron chi connectivity index (χ3n) is 3.89. The van der Waals surface area contributed by atoms with Crippen LogP contribution in [0, 0.1) is 0 Å². The van der Waals surface area contributed by atoms with Crippen LogP contribution in [0.4, 0.5) is 5.69 Å². The molecule has 3 rings (SSSR count). The molecular weight excluding hydrogens is 314 g/mol. The lowest BCUT2D eigenvalue weighted by Gasteiger charge is -2.09. The van der Waals surface area contributed by atoms with Crippen molar-refractivity contribution in [2.75, 3.05) is 12.8 Å². The Hall–Kier alpha value is -3.27. The number of rotatable bonds is 5. The summed E-state index contributed by atoms with van der Waals surface area (Å²) in [6, 6.07) is 23.1. The van der Waals surface area contributed by atoms with Gasteiger partial charge in [0.1, 0.15) is 12.4 Å². The number of nitrogens with two attached hydrogens (primary N) is 1. The molecule has 0 aliphatic heterocycles. The van der Waals surface area contributed by atoms with Crippen LogP contribution in [0.5, 0.6) is 5.75 Å². The van der Waals surface area contributed by atoms with Crippen molar-refractivity contribution < 1.29 is 14.3 Å².